The first-order valence-corrected chi connectivity index (χ1v) is 14.8. The second kappa shape index (κ2) is 13.1. The van der Waals surface area contributed by atoms with E-state index >= 15 is 0 Å². The number of hydrogen-bond donors (Lipinski definition) is 4. The van der Waals surface area contributed by atoms with Gasteiger partial charge < -0.3 is 20.3 Å². The van der Waals surface area contributed by atoms with E-state index in [0.29, 0.717) is 21.4 Å². The molecule has 0 spiro atoms. The number of aliphatic hydroxyl groups is 2. The van der Waals surface area contributed by atoms with Crippen molar-refractivity contribution in [2.45, 2.75) is 62.6 Å². The molecule has 4 atom stereocenters. The highest BCUT2D eigenvalue weighted by Gasteiger charge is 2.32. The maximum Gasteiger partial charge on any atom is 0.573 e. The van der Waals surface area contributed by atoms with Crippen LogP contribution in [0.4, 0.5) is 23.4 Å². The van der Waals surface area contributed by atoms with Gasteiger partial charge in [0.2, 0.25) is 10.3 Å². The second-order valence-electron chi connectivity index (χ2n) is 9.81. The zero-order valence-electron chi connectivity index (χ0n) is 22.0. The van der Waals surface area contributed by atoms with Crippen LogP contribution in [0.5, 0.6) is 5.75 Å². The molecule has 2 heterocycles. The van der Waals surface area contributed by atoms with E-state index in [1.807, 2.05) is 0 Å². The lowest BCUT2D eigenvalue weighted by atomic mass is 9.82. The molecule has 1 fully saturated rings. The number of amides is 1. The predicted molar refractivity (Wildman–Crippen MR) is 150 cm³/mol. The number of benzene rings is 2. The van der Waals surface area contributed by atoms with E-state index in [4.69, 9.17) is 0 Å². The summed E-state index contributed by atoms with van der Waals surface area (Å²) in [6.45, 7) is 0. The molecular weight excluding hydrogens is 593 g/mol. The van der Waals surface area contributed by atoms with Gasteiger partial charge >= 0.3 is 6.36 Å². The van der Waals surface area contributed by atoms with Gasteiger partial charge in [-0.3, -0.25) is 10.1 Å². The Bertz CT molecular complexity index is 1490. The number of halogens is 3. The first-order chi connectivity index (χ1) is 20.1. The Kier molecular flexibility index (Phi) is 9.30. The minimum absolute atomic E-state index is 0.0355. The third-order valence-electron chi connectivity index (χ3n) is 6.70. The van der Waals surface area contributed by atoms with Crippen LogP contribution in [0.3, 0.4) is 0 Å². The summed E-state index contributed by atoms with van der Waals surface area (Å²) in [4.78, 5) is 12.5. The van der Waals surface area contributed by atoms with Gasteiger partial charge in [-0.1, -0.05) is 71.6 Å². The van der Waals surface area contributed by atoms with Crippen molar-refractivity contribution < 1.29 is 32.9 Å². The minimum atomic E-state index is -4.79. The maximum absolute atomic E-state index is 12.5. The van der Waals surface area contributed by atoms with Crippen molar-refractivity contribution in [2.24, 2.45) is 0 Å². The van der Waals surface area contributed by atoms with E-state index in [2.05, 4.69) is 35.8 Å². The van der Waals surface area contributed by atoms with Gasteiger partial charge in [-0.05, 0) is 42.5 Å². The van der Waals surface area contributed by atoms with Crippen LogP contribution < -0.4 is 15.4 Å². The second-order valence-corrected chi connectivity index (χ2v) is 11.8. The van der Waals surface area contributed by atoms with Crippen LogP contribution in [-0.4, -0.2) is 49.1 Å². The Labute approximate surface area is 246 Å². The molecular formula is C27H27F3N6O4S2. The Morgan fingerprint density at radius 2 is 1.62 bits per heavy atom. The van der Waals surface area contributed by atoms with Crippen molar-refractivity contribution in [3.63, 3.8) is 0 Å². The summed E-state index contributed by atoms with van der Waals surface area (Å²) in [5.41, 5.74) is 0.942. The molecule has 0 saturated heterocycles. The van der Waals surface area contributed by atoms with Gasteiger partial charge in [-0.15, -0.1) is 33.6 Å². The zero-order valence-corrected chi connectivity index (χ0v) is 23.6. The van der Waals surface area contributed by atoms with Crippen LogP contribution in [-0.2, 0) is 11.2 Å². The SMILES string of the molecule is O=C(Nc1nnc([C@H]2CCC[C@H](c3nnc(NC(O)Cc4cccc(OC(F)(F)F)c4)s3)C2)s1)[C@H](O)c1ccccc1. The van der Waals surface area contributed by atoms with Gasteiger partial charge in [0.15, 0.2) is 6.10 Å². The molecule has 2 aromatic heterocycles. The maximum atomic E-state index is 12.5. The monoisotopic (exact) mass is 620 g/mol. The van der Waals surface area contributed by atoms with Gasteiger partial charge in [0.25, 0.3) is 5.91 Å². The van der Waals surface area contributed by atoms with E-state index in [-0.39, 0.29) is 24.0 Å². The number of aromatic nitrogens is 4. The highest BCUT2D eigenvalue weighted by molar-refractivity contribution is 7.15. The number of alkyl halides is 3. The zero-order chi connectivity index (χ0) is 29.7. The summed E-state index contributed by atoms with van der Waals surface area (Å²) < 4.78 is 41.4. The smallest absolute Gasteiger partial charge is 0.406 e. The number of hydrogen-bond acceptors (Lipinski definition) is 11. The molecule has 1 aliphatic carbocycles. The molecule has 1 amide bonds. The topological polar surface area (TPSA) is 142 Å². The van der Waals surface area contributed by atoms with Crippen LogP contribution >= 0.6 is 22.7 Å². The minimum Gasteiger partial charge on any atom is -0.406 e. The van der Waals surface area contributed by atoms with Crippen molar-refractivity contribution in [1.82, 2.24) is 20.4 Å². The van der Waals surface area contributed by atoms with Gasteiger partial charge in [0.1, 0.15) is 22.0 Å². The van der Waals surface area contributed by atoms with Crippen molar-refractivity contribution in [2.75, 3.05) is 10.6 Å². The summed E-state index contributed by atoms with van der Waals surface area (Å²) in [6, 6.07) is 14.1. The number of anilines is 2. The number of rotatable bonds is 10. The fraction of sp³-hybridized carbons (Fsp3) is 0.370. The molecule has 4 N–H and O–H groups in total. The molecule has 10 nitrogen and oxygen atoms in total. The van der Waals surface area contributed by atoms with Crippen LogP contribution in [0.25, 0.3) is 0 Å². The molecule has 0 aliphatic heterocycles. The van der Waals surface area contributed by atoms with Gasteiger partial charge in [0, 0.05) is 18.3 Å². The van der Waals surface area contributed by atoms with E-state index in [9.17, 15) is 28.2 Å². The first kappa shape index (κ1) is 29.8. The van der Waals surface area contributed by atoms with Crippen molar-refractivity contribution in [3.8, 4) is 5.75 Å². The standard InChI is InChI=1S/C27H27F3N6O4S2/c28-27(29,30)40-19-11-4-6-15(12-19)13-20(37)31-25-35-33-23(41-25)17-9-5-10-18(14-17)24-34-36-26(42-24)32-22(39)21(38)16-7-2-1-3-8-16/h1-4,6-8,11-12,17-18,20-21,37-38H,5,9-10,13-14H2,(H,31,35)(H,32,36,39)/t17-,18-,20?,21+/m0/s1. The highest BCUT2D eigenvalue weighted by atomic mass is 32.1. The van der Waals surface area contributed by atoms with Crippen molar-refractivity contribution >= 4 is 38.8 Å². The number of nitrogens with one attached hydrogen (secondary N) is 2. The normalized spacial score (nSPS) is 18.7. The molecule has 0 bridgehead atoms. The lowest BCUT2D eigenvalue weighted by Crippen LogP contribution is -2.21. The Balaban J connectivity index is 1.15. The van der Waals surface area contributed by atoms with E-state index < -0.39 is 24.6 Å². The lowest BCUT2D eigenvalue weighted by molar-refractivity contribution is -0.274. The first-order valence-electron chi connectivity index (χ1n) is 13.1. The lowest BCUT2D eigenvalue weighted by Gasteiger charge is -2.25. The number of ether oxygens (including phenoxy) is 1. The van der Waals surface area contributed by atoms with Crippen LogP contribution in [0.2, 0.25) is 0 Å². The predicted octanol–water partition coefficient (Wildman–Crippen LogP) is 5.37. The third kappa shape index (κ3) is 8.00. The molecule has 1 saturated carbocycles. The number of aliphatic hydroxyl groups excluding tert-OH is 2. The molecule has 222 valence electrons. The molecule has 2 aromatic carbocycles. The fourth-order valence-corrected chi connectivity index (χ4v) is 6.62. The number of carbonyl (C=O) groups excluding carboxylic acids is 1. The summed E-state index contributed by atoms with van der Waals surface area (Å²) in [7, 11) is 0. The van der Waals surface area contributed by atoms with Gasteiger partial charge in [-0.2, -0.15) is 0 Å². The summed E-state index contributed by atoms with van der Waals surface area (Å²) in [5.74, 6) is -0.703. The van der Waals surface area contributed by atoms with Crippen LogP contribution in [0, 0.1) is 0 Å². The Morgan fingerprint density at radius 3 is 2.31 bits per heavy atom. The number of carbonyl (C=O) groups is 1. The van der Waals surface area contributed by atoms with E-state index in [1.54, 1.807) is 36.4 Å². The summed E-state index contributed by atoms with van der Waals surface area (Å²) >= 11 is 2.60. The molecule has 15 heteroatoms. The van der Waals surface area contributed by atoms with Crippen molar-refractivity contribution in [3.05, 3.63) is 75.7 Å². The molecule has 4 aromatic rings. The molecule has 0 radical (unpaired) electrons. The summed E-state index contributed by atoms with van der Waals surface area (Å²) in [5, 5.41) is 45.4. The molecule has 1 unspecified atom stereocenters. The highest BCUT2D eigenvalue weighted by Crippen LogP contribution is 2.43. The number of nitrogens with zero attached hydrogens (tertiary/aromatic N) is 4. The average Bonchev–Trinajstić information content (AvgIpc) is 3.62. The molecule has 1 aliphatic rings. The van der Waals surface area contributed by atoms with Gasteiger partial charge in [-0.25, -0.2) is 0 Å². The Morgan fingerprint density at radius 1 is 0.952 bits per heavy atom. The fourth-order valence-electron chi connectivity index (χ4n) is 4.79. The quantitative estimate of drug-likeness (QED) is 0.172. The third-order valence-corrected chi connectivity index (χ3v) is 8.72. The van der Waals surface area contributed by atoms with E-state index in [0.717, 1.165) is 35.7 Å². The molecule has 5 rings (SSSR count). The molecule has 42 heavy (non-hydrogen) atoms. The van der Waals surface area contributed by atoms with Crippen molar-refractivity contribution in [1.29, 1.82) is 0 Å². The van der Waals surface area contributed by atoms with Crippen LogP contribution in [0.15, 0.2) is 54.6 Å². The summed E-state index contributed by atoms with van der Waals surface area (Å²) in [6.07, 6.45) is -3.66. The van der Waals surface area contributed by atoms with Crippen LogP contribution in [0.1, 0.15) is 64.8 Å². The van der Waals surface area contributed by atoms with E-state index in [1.165, 1.54) is 40.9 Å². The largest absolute Gasteiger partial charge is 0.573 e. The van der Waals surface area contributed by atoms with Gasteiger partial charge in [0.05, 0.1) is 0 Å². The Hall–Kier alpha value is -3.66. The average molecular weight is 621 g/mol.